The standard InChI is InChI=1S/C34H35F3N2O3/c1-2-42-32(40)18-20-38-33(41)26-9-7-25(8-10-26)30(16-6-23-4-3-5-23)39-21-19-28-22-27(13-17-31(28)39)24-11-14-29(15-12-24)34(35,36)37/h7-15,17,19,21-23,30H,2-6,16,18,20H2,1H3,(H,38,41). The fraction of sp³-hybridized carbons (Fsp3) is 0.353. The van der Waals surface area contributed by atoms with Crippen LogP contribution in [0.5, 0.6) is 0 Å². The lowest BCUT2D eigenvalue weighted by Crippen LogP contribution is -2.26. The van der Waals surface area contributed by atoms with Gasteiger partial charge in [0.25, 0.3) is 5.91 Å². The molecule has 1 atom stereocenters. The summed E-state index contributed by atoms with van der Waals surface area (Å²) < 4.78 is 46.2. The summed E-state index contributed by atoms with van der Waals surface area (Å²) >= 11 is 0. The summed E-state index contributed by atoms with van der Waals surface area (Å²) in [6, 6.07) is 21.0. The maximum Gasteiger partial charge on any atom is 0.416 e. The number of esters is 1. The smallest absolute Gasteiger partial charge is 0.416 e. The first-order chi connectivity index (χ1) is 20.2. The fourth-order valence-electron chi connectivity index (χ4n) is 5.58. The van der Waals surface area contributed by atoms with Gasteiger partial charge in [0, 0.05) is 29.2 Å². The van der Waals surface area contributed by atoms with Crippen molar-refractivity contribution >= 4 is 22.8 Å². The molecule has 1 aromatic heterocycles. The van der Waals surface area contributed by atoms with E-state index in [1.54, 1.807) is 6.92 Å². The van der Waals surface area contributed by atoms with Crippen molar-refractivity contribution in [3.8, 4) is 11.1 Å². The van der Waals surface area contributed by atoms with Crippen LogP contribution < -0.4 is 5.32 Å². The van der Waals surface area contributed by atoms with Gasteiger partial charge >= 0.3 is 12.1 Å². The van der Waals surface area contributed by atoms with E-state index < -0.39 is 11.7 Å². The number of carbonyl (C=O) groups is 2. The molecule has 1 unspecified atom stereocenters. The third kappa shape index (κ3) is 6.86. The summed E-state index contributed by atoms with van der Waals surface area (Å²) in [5.41, 5.74) is 3.60. The summed E-state index contributed by atoms with van der Waals surface area (Å²) in [5, 5.41) is 3.79. The Bertz CT molecular complexity index is 1520. The minimum Gasteiger partial charge on any atom is -0.466 e. The molecule has 0 aliphatic heterocycles. The Kier molecular flexibility index (Phi) is 9.00. The number of hydrogen-bond acceptors (Lipinski definition) is 3. The molecule has 8 heteroatoms. The second-order valence-electron chi connectivity index (χ2n) is 10.9. The molecule has 42 heavy (non-hydrogen) atoms. The van der Waals surface area contributed by atoms with E-state index in [0.29, 0.717) is 12.2 Å². The molecule has 0 bridgehead atoms. The molecular weight excluding hydrogens is 541 g/mol. The number of nitrogens with one attached hydrogen (secondary N) is 1. The molecular formula is C34H35F3N2O3. The Balaban J connectivity index is 1.35. The average Bonchev–Trinajstić information content (AvgIpc) is 3.37. The van der Waals surface area contributed by atoms with Crippen LogP contribution in [0, 0.1) is 5.92 Å². The van der Waals surface area contributed by atoms with Crippen LogP contribution in [0.15, 0.2) is 79.0 Å². The predicted molar refractivity (Wildman–Crippen MR) is 157 cm³/mol. The van der Waals surface area contributed by atoms with Crippen molar-refractivity contribution in [1.29, 1.82) is 0 Å². The largest absolute Gasteiger partial charge is 0.466 e. The maximum absolute atomic E-state index is 13.0. The van der Waals surface area contributed by atoms with Crippen LogP contribution in [-0.2, 0) is 15.7 Å². The van der Waals surface area contributed by atoms with Crippen molar-refractivity contribution in [2.75, 3.05) is 13.2 Å². The number of rotatable bonds is 11. The van der Waals surface area contributed by atoms with Crippen molar-refractivity contribution in [3.05, 3.63) is 95.7 Å². The van der Waals surface area contributed by atoms with Gasteiger partial charge in [0.1, 0.15) is 0 Å². The van der Waals surface area contributed by atoms with Gasteiger partial charge < -0.3 is 14.6 Å². The molecule has 0 radical (unpaired) electrons. The Morgan fingerprint density at radius 2 is 1.69 bits per heavy atom. The normalized spacial score (nSPS) is 14.4. The first-order valence-corrected chi connectivity index (χ1v) is 14.5. The molecule has 1 heterocycles. The Labute approximate surface area is 243 Å². The molecule has 1 saturated carbocycles. The number of fused-ring (bicyclic) bond motifs is 1. The molecule has 1 N–H and O–H groups in total. The number of aromatic nitrogens is 1. The van der Waals surface area contributed by atoms with E-state index in [1.165, 1.54) is 31.4 Å². The van der Waals surface area contributed by atoms with E-state index in [-0.39, 0.29) is 30.9 Å². The van der Waals surface area contributed by atoms with Crippen LogP contribution in [0.2, 0.25) is 0 Å². The molecule has 1 aliphatic rings. The van der Waals surface area contributed by atoms with Crippen LogP contribution in [0.25, 0.3) is 22.0 Å². The van der Waals surface area contributed by atoms with Gasteiger partial charge in [-0.3, -0.25) is 9.59 Å². The zero-order valence-electron chi connectivity index (χ0n) is 23.6. The first kappa shape index (κ1) is 29.4. The molecule has 0 saturated heterocycles. The highest BCUT2D eigenvalue weighted by atomic mass is 19.4. The van der Waals surface area contributed by atoms with Gasteiger partial charge in [0.15, 0.2) is 0 Å². The molecule has 5 rings (SSSR count). The Morgan fingerprint density at radius 1 is 0.976 bits per heavy atom. The molecule has 220 valence electrons. The molecule has 5 nitrogen and oxygen atoms in total. The number of benzene rings is 3. The molecule has 0 spiro atoms. The number of hydrogen-bond donors (Lipinski definition) is 1. The number of carbonyl (C=O) groups excluding carboxylic acids is 2. The third-order valence-electron chi connectivity index (χ3n) is 8.15. The highest BCUT2D eigenvalue weighted by Gasteiger charge is 2.30. The van der Waals surface area contributed by atoms with Gasteiger partial charge in [-0.2, -0.15) is 13.2 Å². The zero-order valence-corrected chi connectivity index (χ0v) is 23.6. The van der Waals surface area contributed by atoms with E-state index in [0.717, 1.165) is 58.5 Å². The zero-order chi connectivity index (χ0) is 29.7. The van der Waals surface area contributed by atoms with Crippen molar-refractivity contribution in [1.82, 2.24) is 9.88 Å². The number of nitrogens with zero attached hydrogens (tertiary/aromatic N) is 1. The van der Waals surface area contributed by atoms with Crippen molar-refractivity contribution in [2.24, 2.45) is 5.92 Å². The lowest BCUT2D eigenvalue weighted by molar-refractivity contribution is -0.143. The number of halogens is 3. The van der Waals surface area contributed by atoms with Crippen molar-refractivity contribution < 1.29 is 27.5 Å². The average molecular weight is 577 g/mol. The van der Waals surface area contributed by atoms with Crippen molar-refractivity contribution in [2.45, 2.75) is 57.7 Å². The van der Waals surface area contributed by atoms with E-state index in [1.807, 2.05) is 48.5 Å². The molecule has 1 fully saturated rings. The second-order valence-corrected chi connectivity index (χ2v) is 10.9. The van der Waals surface area contributed by atoms with E-state index >= 15 is 0 Å². The minimum atomic E-state index is -4.36. The van der Waals surface area contributed by atoms with E-state index in [4.69, 9.17) is 4.74 Å². The second kappa shape index (κ2) is 12.8. The number of amides is 1. The van der Waals surface area contributed by atoms with Gasteiger partial charge in [0.05, 0.1) is 24.6 Å². The molecule has 3 aromatic carbocycles. The lowest BCUT2D eigenvalue weighted by atomic mass is 9.80. The predicted octanol–water partition coefficient (Wildman–Crippen LogP) is 8.18. The minimum absolute atomic E-state index is 0.0703. The third-order valence-corrected chi connectivity index (χ3v) is 8.15. The van der Waals surface area contributed by atoms with Crippen LogP contribution in [-0.4, -0.2) is 29.6 Å². The monoisotopic (exact) mass is 576 g/mol. The van der Waals surface area contributed by atoms with E-state index in [2.05, 4.69) is 16.1 Å². The molecule has 4 aromatic rings. The van der Waals surface area contributed by atoms with Crippen molar-refractivity contribution in [3.63, 3.8) is 0 Å². The van der Waals surface area contributed by atoms with Crippen LogP contribution in [0.1, 0.15) is 73.0 Å². The Morgan fingerprint density at radius 3 is 2.33 bits per heavy atom. The lowest BCUT2D eigenvalue weighted by Gasteiger charge is -2.28. The quantitative estimate of drug-likeness (QED) is 0.183. The number of alkyl halides is 3. The summed E-state index contributed by atoms with van der Waals surface area (Å²) in [6.07, 6.45) is 3.73. The number of ether oxygens (including phenoxy) is 1. The first-order valence-electron chi connectivity index (χ1n) is 14.5. The van der Waals surface area contributed by atoms with Gasteiger partial charge in [-0.25, -0.2) is 0 Å². The highest BCUT2D eigenvalue weighted by molar-refractivity contribution is 5.94. The van der Waals surface area contributed by atoms with Gasteiger partial charge in [-0.1, -0.05) is 49.6 Å². The Hall–Kier alpha value is -4.07. The molecule has 1 aliphatic carbocycles. The fourth-order valence-corrected chi connectivity index (χ4v) is 5.58. The van der Waals surface area contributed by atoms with Gasteiger partial charge in [0.2, 0.25) is 0 Å². The van der Waals surface area contributed by atoms with Crippen LogP contribution in [0.3, 0.4) is 0 Å². The summed E-state index contributed by atoms with van der Waals surface area (Å²) in [5.74, 6) is 0.164. The topological polar surface area (TPSA) is 60.3 Å². The SMILES string of the molecule is CCOC(=O)CCNC(=O)c1ccc(C(CCC2CCC2)n2ccc3cc(-c4ccc(C(F)(F)F)cc4)ccc32)cc1. The molecule has 1 amide bonds. The maximum atomic E-state index is 13.0. The van der Waals surface area contributed by atoms with Crippen LogP contribution >= 0.6 is 0 Å². The summed E-state index contributed by atoms with van der Waals surface area (Å²) in [6.45, 7) is 2.27. The van der Waals surface area contributed by atoms with Gasteiger partial charge in [-0.15, -0.1) is 0 Å². The summed E-state index contributed by atoms with van der Waals surface area (Å²) in [7, 11) is 0. The highest BCUT2D eigenvalue weighted by Crippen LogP contribution is 2.37. The summed E-state index contributed by atoms with van der Waals surface area (Å²) in [4.78, 5) is 24.2. The van der Waals surface area contributed by atoms with Crippen LogP contribution in [0.4, 0.5) is 13.2 Å². The van der Waals surface area contributed by atoms with Gasteiger partial charge in [-0.05, 0) is 84.8 Å². The van der Waals surface area contributed by atoms with E-state index in [9.17, 15) is 22.8 Å².